The predicted octanol–water partition coefficient (Wildman–Crippen LogP) is 2.84. The summed E-state index contributed by atoms with van der Waals surface area (Å²) in [5.41, 5.74) is 0.478. The van der Waals surface area contributed by atoms with E-state index in [1.807, 2.05) is 0 Å². The number of ether oxygens (including phenoxy) is 2. The molecule has 0 bridgehead atoms. The van der Waals surface area contributed by atoms with E-state index in [1.165, 1.54) is 25.6 Å². The summed E-state index contributed by atoms with van der Waals surface area (Å²) in [6.45, 7) is 0. The van der Waals surface area contributed by atoms with Crippen LogP contribution in [0.5, 0.6) is 17.5 Å². The Hall–Kier alpha value is -2.43. The third-order valence-electron chi connectivity index (χ3n) is 3.17. The van der Waals surface area contributed by atoms with Crippen LogP contribution in [0.1, 0.15) is 15.8 Å². The summed E-state index contributed by atoms with van der Waals surface area (Å²) in [6, 6.07) is 7.52. The number of halogens is 1. The molecule has 0 aliphatic carbocycles. The van der Waals surface area contributed by atoms with Crippen molar-refractivity contribution >= 4 is 22.6 Å². The molecule has 0 saturated carbocycles. The maximum absolute atomic E-state index is 13.6. The summed E-state index contributed by atoms with van der Waals surface area (Å²) in [6.07, 6.45) is 2.57. The van der Waals surface area contributed by atoms with Crippen molar-refractivity contribution in [1.82, 2.24) is 14.3 Å². The van der Waals surface area contributed by atoms with Crippen molar-refractivity contribution in [3.8, 4) is 17.5 Å². The van der Waals surface area contributed by atoms with E-state index in [0.29, 0.717) is 11.3 Å². The van der Waals surface area contributed by atoms with Crippen LogP contribution < -0.4 is 9.47 Å². The van der Waals surface area contributed by atoms with Crippen molar-refractivity contribution in [3.63, 3.8) is 0 Å². The molecule has 1 aromatic carbocycles. The van der Waals surface area contributed by atoms with Crippen molar-refractivity contribution in [2.45, 2.75) is 5.25 Å². The molecule has 25 heavy (non-hydrogen) atoms. The third kappa shape index (κ3) is 3.98. The SMILES string of the molecule is COc1nsc(C(c2ccc(Oc3cnccc3F)cc2)S(=O)[O-])n1. The second-order valence-electron chi connectivity index (χ2n) is 4.74. The van der Waals surface area contributed by atoms with E-state index in [-0.39, 0.29) is 16.8 Å². The Morgan fingerprint density at radius 3 is 2.64 bits per heavy atom. The molecule has 0 amide bonds. The van der Waals surface area contributed by atoms with Gasteiger partial charge in [0.2, 0.25) is 0 Å². The molecule has 0 aliphatic rings. The second kappa shape index (κ2) is 7.64. The number of hydrogen-bond donors (Lipinski definition) is 0. The zero-order chi connectivity index (χ0) is 17.8. The molecule has 130 valence electrons. The molecule has 0 N–H and O–H groups in total. The first-order valence-corrected chi connectivity index (χ1v) is 8.82. The van der Waals surface area contributed by atoms with Gasteiger partial charge in [0.1, 0.15) is 16.0 Å². The van der Waals surface area contributed by atoms with Gasteiger partial charge in [-0.15, -0.1) is 4.37 Å². The van der Waals surface area contributed by atoms with E-state index in [0.717, 1.165) is 11.5 Å². The molecule has 0 spiro atoms. The molecular weight excluding hydrogens is 369 g/mol. The van der Waals surface area contributed by atoms with Crippen LogP contribution in [0.2, 0.25) is 0 Å². The molecule has 0 radical (unpaired) electrons. The van der Waals surface area contributed by atoms with Crippen LogP contribution in [0.3, 0.4) is 0 Å². The summed E-state index contributed by atoms with van der Waals surface area (Å²) in [5, 5.41) is -0.692. The first-order valence-electron chi connectivity index (χ1n) is 6.91. The van der Waals surface area contributed by atoms with Crippen molar-refractivity contribution in [1.29, 1.82) is 0 Å². The Morgan fingerprint density at radius 2 is 2.04 bits per heavy atom. The lowest BCUT2D eigenvalue weighted by atomic mass is 10.1. The minimum atomic E-state index is -2.45. The molecule has 0 fully saturated rings. The van der Waals surface area contributed by atoms with Gasteiger partial charge in [-0.1, -0.05) is 12.1 Å². The summed E-state index contributed by atoms with van der Waals surface area (Å²) in [4.78, 5) is 7.82. The molecule has 2 heterocycles. The average molecular weight is 380 g/mol. The Morgan fingerprint density at radius 1 is 1.28 bits per heavy atom. The molecule has 3 rings (SSSR count). The van der Waals surface area contributed by atoms with Crippen LogP contribution in [0.4, 0.5) is 4.39 Å². The average Bonchev–Trinajstić information content (AvgIpc) is 3.07. The summed E-state index contributed by atoms with van der Waals surface area (Å²) < 4.78 is 51.0. The molecular formula is C15H11FN3O4S2-. The fourth-order valence-corrected chi connectivity index (χ4v) is 3.62. The van der Waals surface area contributed by atoms with Gasteiger partial charge in [0.25, 0.3) is 0 Å². The van der Waals surface area contributed by atoms with Crippen molar-refractivity contribution in [2.24, 2.45) is 0 Å². The zero-order valence-electron chi connectivity index (χ0n) is 12.8. The predicted molar refractivity (Wildman–Crippen MR) is 87.9 cm³/mol. The molecule has 2 unspecified atom stereocenters. The fraction of sp³-hybridized carbons (Fsp3) is 0.133. The molecule has 7 nitrogen and oxygen atoms in total. The zero-order valence-corrected chi connectivity index (χ0v) is 14.4. The highest BCUT2D eigenvalue weighted by Gasteiger charge is 2.20. The second-order valence-corrected chi connectivity index (χ2v) is 6.51. The molecule has 3 aromatic rings. The third-order valence-corrected chi connectivity index (χ3v) is 4.96. The van der Waals surface area contributed by atoms with Gasteiger partial charge in [-0.25, -0.2) is 4.39 Å². The lowest BCUT2D eigenvalue weighted by Crippen LogP contribution is -2.07. The normalized spacial score (nSPS) is 13.2. The lowest BCUT2D eigenvalue weighted by molar-refractivity contribution is 0.385. The van der Waals surface area contributed by atoms with Gasteiger partial charge < -0.3 is 14.0 Å². The maximum atomic E-state index is 13.6. The molecule has 10 heteroatoms. The largest absolute Gasteiger partial charge is 0.772 e. The van der Waals surface area contributed by atoms with Crippen LogP contribution >= 0.6 is 11.5 Å². The Bertz CT molecular complexity index is 888. The monoisotopic (exact) mass is 380 g/mol. The van der Waals surface area contributed by atoms with Gasteiger partial charge in [-0.2, -0.15) is 4.98 Å². The van der Waals surface area contributed by atoms with Crippen LogP contribution in [-0.2, 0) is 11.1 Å². The molecule has 2 aromatic heterocycles. The van der Waals surface area contributed by atoms with Crippen molar-refractivity contribution in [3.05, 3.63) is 59.1 Å². The quantitative estimate of drug-likeness (QED) is 0.607. The Labute approximate surface area is 148 Å². The summed E-state index contributed by atoms with van der Waals surface area (Å²) >= 11 is -1.50. The molecule has 0 aliphatic heterocycles. The number of nitrogens with zero attached hydrogens (tertiary/aromatic N) is 3. The highest BCUT2D eigenvalue weighted by atomic mass is 32.2. The topological polar surface area (TPSA) is 97.3 Å². The van der Waals surface area contributed by atoms with E-state index in [2.05, 4.69) is 14.3 Å². The van der Waals surface area contributed by atoms with E-state index in [4.69, 9.17) is 9.47 Å². The summed E-state index contributed by atoms with van der Waals surface area (Å²) in [5.74, 6) is -0.215. The van der Waals surface area contributed by atoms with Gasteiger partial charge in [0.15, 0.2) is 11.6 Å². The molecule has 2 atom stereocenters. The van der Waals surface area contributed by atoms with E-state index < -0.39 is 22.1 Å². The number of pyridine rings is 1. The number of rotatable bonds is 6. The number of aromatic nitrogens is 3. The first kappa shape index (κ1) is 17.4. The van der Waals surface area contributed by atoms with Crippen LogP contribution in [0.25, 0.3) is 0 Å². The van der Waals surface area contributed by atoms with E-state index >= 15 is 0 Å². The minimum absolute atomic E-state index is 0.0203. The van der Waals surface area contributed by atoms with Gasteiger partial charge in [-0.05, 0) is 46.4 Å². The Kier molecular flexibility index (Phi) is 5.31. The Balaban J connectivity index is 1.84. The number of benzene rings is 1. The molecule has 0 saturated heterocycles. The van der Waals surface area contributed by atoms with Crippen LogP contribution in [0.15, 0.2) is 42.7 Å². The van der Waals surface area contributed by atoms with Crippen LogP contribution in [0, 0.1) is 5.82 Å². The maximum Gasteiger partial charge on any atom is 0.328 e. The minimum Gasteiger partial charge on any atom is -0.772 e. The van der Waals surface area contributed by atoms with Gasteiger partial charge in [-0.3, -0.25) is 9.19 Å². The van der Waals surface area contributed by atoms with E-state index in [9.17, 15) is 13.2 Å². The highest BCUT2D eigenvalue weighted by Crippen LogP contribution is 2.32. The van der Waals surface area contributed by atoms with Crippen LogP contribution in [-0.4, -0.2) is 30.2 Å². The summed E-state index contributed by atoms with van der Waals surface area (Å²) in [7, 11) is 1.40. The smallest absolute Gasteiger partial charge is 0.328 e. The van der Waals surface area contributed by atoms with Gasteiger partial charge >= 0.3 is 6.01 Å². The van der Waals surface area contributed by atoms with Crippen molar-refractivity contribution in [2.75, 3.05) is 7.11 Å². The van der Waals surface area contributed by atoms with Gasteiger partial charge in [0, 0.05) is 6.20 Å². The number of hydrogen-bond acceptors (Lipinski definition) is 8. The van der Waals surface area contributed by atoms with Gasteiger partial charge in [0.05, 0.1) is 13.3 Å². The standard InChI is InChI=1S/C15H12FN3O4S2/c1-22-15-18-14(24-19-15)13(25(20)21)9-2-4-10(5-3-9)23-12-8-17-7-6-11(12)16/h2-8,13H,1H3,(H,20,21)/p-1. The first-order chi connectivity index (χ1) is 12.1. The van der Waals surface area contributed by atoms with E-state index in [1.54, 1.807) is 24.3 Å². The highest BCUT2D eigenvalue weighted by molar-refractivity contribution is 7.79. The fourth-order valence-electron chi connectivity index (χ4n) is 2.02. The lowest BCUT2D eigenvalue weighted by Gasteiger charge is -2.17. The van der Waals surface area contributed by atoms with Crippen molar-refractivity contribution < 1.29 is 22.6 Å². The number of methoxy groups -OCH3 is 1.